The van der Waals surface area contributed by atoms with E-state index in [-0.39, 0.29) is 4.90 Å². The average Bonchev–Trinajstić information content (AvgIpc) is 2.82. The summed E-state index contributed by atoms with van der Waals surface area (Å²) >= 11 is 0. The smallest absolute Gasteiger partial charge is 0.264 e. The Morgan fingerprint density at radius 3 is 2.06 bits per heavy atom. The topological polar surface area (TPSA) is 94.2 Å². The number of methoxy groups -OCH3 is 3. The quantitative estimate of drug-likeness (QED) is 0.511. The predicted octanol–water partition coefficient (Wildman–Crippen LogP) is 3.85. The van der Waals surface area contributed by atoms with Crippen molar-refractivity contribution in [2.45, 2.75) is 11.8 Å². The van der Waals surface area contributed by atoms with E-state index in [1.54, 1.807) is 54.6 Å². The number of rotatable bonds is 9. The third-order valence-corrected chi connectivity index (χ3v) is 6.63. The van der Waals surface area contributed by atoms with Gasteiger partial charge in [0.25, 0.3) is 10.0 Å². The molecule has 0 aliphatic heterocycles. The zero-order chi connectivity index (χ0) is 24.0. The van der Waals surface area contributed by atoms with Crippen LogP contribution in [0.4, 0.5) is 11.4 Å². The first-order chi connectivity index (χ1) is 15.8. The molecule has 0 aromatic heterocycles. The van der Waals surface area contributed by atoms with E-state index in [2.05, 4.69) is 5.32 Å². The van der Waals surface area contributed by atoms with Crippen LogP contribution in [0, 0.1) is 6.92 Å². The highest BCUT2D eigenvalue weighted by atomic mass is 32.2. The summed E-state index contributed by atoms with van der Waals surface area (Å²) in [4.78, 5) is 13.1. The molecule has 0 radical (unpaired) electrons. The van der Waals surface area contributed by atoms with Crippen LogP contribution in [0.2, 0.25) is 0 Å². The van der Waals surface area contributed by atoms with Gasteiger partial charge in [-0.1, -0.05) is 30.3 Å². The molecule has 1 N–H and O–H groups in total. The van der Waals surface area contributed by atoms with Crippen LogP contribution in [0.5, 0.6) is 17.2 Å². The molecule has 9 heteroatoms. The number of carbonyl (C=O) groups excluding carboxylic acids is 1. The van der Waals surface area contributed by atoms with Crippen molar-refractivity contribution in [3.05, 3.63) is 72.3 Å². The van der Waals surface area contributed by atoms with Crippen molar-refractivity contribution in [3.8, 4) is 17.2 Å². The van der Waals surface area contributed by atoms with E-state index in [1.165, 1.54) is 27.4 Å². The Balaban J connectivity index is 1.94. The number of amides is 1. The van der Waals surface area contributed by atoms with E-state index >= 15 is 0 Å². The van der Waals surface area contributed by atoms with Gasteiger partial charge in [-0.3, -0.25) is 9.10 Å². The van der Waals surface area contributed by atoms with Gasteiger partial charge in [-0.05, 0) is 36.8 Å². The molecule has 0 saturated carbocycles. The first-order valence-corrected chi connectivity index (χ1v) is 11.5. The molecule has 0 fully saturated rings. The summed E-state index contributed by atoms with van der Waals surface area (Å²) in [6.07, 6.45) is 0. The van der Waals surface area contributed by atoms with Gasteiger partial charge in [-0.2, -0.15) is 0 Å². The molecule has 0 atom stereocenters. The third-order valence-electron chi connectivity index (χ3n) is 4.86. The van der Waals surface area contributed by atoms with Crippen molar-refractivity contribution in [1.29, 1.82) is 0 Å². The maximum atomic E-state index is 13.4. The standard InChI is InChI=1S/C24H26N2O6S/c1-17-9-8-12-20(13-17)33(28,29)26(19-10-6-5-7-11-19)16-23(27)25-18-14-21(30-2)24(32-4)22(15-18)31-3/h5-15H,16H2,1-4H3,(H,25,27). The lowest BCUT2D eigenvalue weighted by molar-refractivity contribution is -0.114. The molecule has 0 spiro atoms. The minimum Gasteiger partial charge on any atom is -0.493 e. The number of benzene rings is 3. The number of nitrogens with one attached hydrogen (secondary N) is 1. The van der Waals surface area contributed by atoms with Gasteiger partial charge in [0.15, 0.2) is 11.5 Å². The number of aryl methyl sites for hydroxylation is 1. The van der Waals surface area contributed by atoms with Gasteiger partial charge in [0.05, 0.1) is 31.9 Å². The number of carbonyl (C=O) groups is 1. The van der Waals surface area contributed by atoms with E-state index in [1.807, 2.05) is 13.0 Å². The molecule has 1 amide bonds. The van der Waals surface area contributed by atoms with Crippen LogP contribution in [0.3, 0.4) is 0 Å². The second-order valence-corrected chi connectivity index (χ2v) is 8.99. The van der Waals surface area contributed by atoms with Crippen LogP contribution in [0.15, 0.2) is 71.6 Å². The molecule has 8 nitrogen and oxygen atoms in total. The monoisotopic (exact) mass is 470 g/mol. The van der Waals surface area contributed by atoms with E-state index in [0.717, 1.165) is 9.87 Å². The van der Waals surface area contributed by atoms with E-state index in [4.69, 9.17) is 14.2 Å². The van der Waals surface area contributed by atoms with Gasteiger partial charge in [0.2, 0.25) is 11.7 Å². The maximum absolute atomic E-state index is 13.4. The largest absolute Gasteiger partial charge is 0.493 e. The summed E-state index contributed by atoms with van der Waals surface area (Å²) in [7, 11) is 0.415. The lowest BCUT2D eigenvalue weighted by Crippen LogP contribution is -2.38. The molecule has 0 unspecified atom stereocenters. The number of hydrogen-bond donors (Lipinski definition) is 1. The van der Waals surface area contributed by atoms with Crippen molar-refractivity contribution in [1.82, 2.24) is 0 Å². The first kappa shape index (κ1) is 23.9. The van der Waals surface area contributed by atoms with Crippen molar-refractivity contribution in [3.63, 3.8) is 0 Å². The van der Waals surface area contributed by atoms with Crippen LogP contribution < -0.4 is 23.8 Å². The van der Waals surface area contributed by atoms with Gasteiger partial charge in [0, 0.05) is 17.8 Å². The van der Waals surface area contributed by atoms with E-state index in [9.17, 15) is 13.2 Å². The van der Waals surface area contributed by atoms with Gasteiger partial charge < -0.3 is 19.5 Å². The van der Waals surface area contributed by atoms with Gasteiger partial charge in [-0.25, -0.2) is 8.42 Å². The summed E-state index contributed by atoms with van der Waals surface area (Å²) in [5.74, 6) is 0.564. The number of para-hydroxylation sites is 1. The molecular weight excluding hydrogens is 444 g/mol. The highest BCUT2D eigenvalue weighted by Crippen LogP contribution is 2.40. The summed E-state index contributed by atoms with van der Waals surface area (Å²) in [5.41, 5.74) is 1.54. The number of hydrogen-bond acceptors (Lipinski definition) is 6. The first-order valence-electron chi connectivity index (χ1n) is 10.0. The Morgan fingerprint density at radius 2 is 1.52 bits per heavy atom. The van der Waals surface area contributed by atoms with Crippen molar-refractivity contribution in [2.75, 3.05) is 37.5 Å². The zero-order valence-electron chi connectivity index (χ0n) is 18.9. The molecule has 0 bridgehead atoms. The SMILES string of the molecule is COc1cc(NC(=O)CN(c2ccccc2)S(=O)(=O)c2cccc(C)c2)cc(OC)c1OC. The van der Waals surface area contributed by atoms with Crippen LogP contribution in [0.1, 0.15) is 5.56 Å². The zero-order valence-corrected chi connectivity index (χ0v) is 19.7. The molecule has 33 heavy (non-hydrogen) atoms. The molecule has 3 aromatic rings. The molecule has 0 aliphatic carbocycles. The fraction of sp³-hybridized carbons (Fsp3) is 0.208. The Kier molecular flexibility index (Phi) is 7.44. The fourth-order valence-corrected chi connectivity index (χ4v) is 4.82. The number of anilines is 2. The summed E-state index contributed by atoms with van der Waals surface area (Å²) in [5, 5.41) is 2.72. The second kappa shape index (κ2) is 10.3. The Morgan fingerprint density at radius 1 is 0.879 bits per heavy atom. The Hall–Kier alpha value is -3.72. The third kappa shape index (κ3) is 5.38. The van der Waals surface area contributed by atoms with Crippen molar-refractivity contribution in [2.24, 2.45) is 0 Å². The molecule has 0 saturated heterocycles. The predicted molar refractivity (Wildman–Crippen MR) is 127 cm³/mol. The molecule has 3 rings (SSSR count). The second-order valence-electron chi connectivity index (χ2n) is 7.13. The summed E-state index contributed by atoms with van der Waals surface area (Å²) < 4.78 is 43.9. The average molecular weight is 471 g/mol. The summed E-state index contributed by atoms with van der Waals surface area (Å²) in [6.45, 7) is 1.37. The van der Waals surface area contributed by atoms with Crippen LogP contribution in [-0.2, 0) is 14.8 Å². The molecule has 0 aliphatic rings. The van der Waals surface area contributed by atoms with Crippen molar-refractivity contribution >= 4 is 27.3 Å². The Bertz CT molecular complexity index is 1200. The molecule has 174 valence electrons. The normalized spacial score (nSPS) is 10.9. The molecule has 0 heterocycles. The van der Waals surface area contributed by atoms with Gasteiger partial charge in [-0.15, -0.1) is 0 Å². The van der Waals surface area contributed by atoms with E-state index < -0.39 is 22.5 Å². The molecule has 3 aromatic carbocycles. The number of sulfonamides is 1. The minimum atomic E-state index is -4.00. The number of nitrogens with zero attached hydrogens (tertiary/aromatic N) is 1. The molecular formula is C24H26N2O6S. The van der Waals surface area contributed by atoms with Crippen molar-refractivity contribution < 1.29 is 27.4 Å². The van der Waals surface area contributed by atoms with Gasteiger partial charge in [0.1, 0.15) is 6.54 Å². The summed E-state index contributed by atoms with van der Waals surface area (Å²) in [6, 6.07) is 18.2. The number of ether oxygens (including phenoxy) is 3. The lowest BCUT2D eigenvalue weighted by atomic mass is 10.2. The van der Waals surface area contributed by atoms with E-state index in [0.29, 0.717) is 28.6 Å². The van der Waals surface area contributed by atoms with Crippen LogP contribution >= 0.6 is 0 Å². The fourth-order valence-electron chi connectivity index (χ4n) is 3.30. The minimum absolute atomic E-state index is 0.104. The lowest BCUT2D eigenvalue weighted by Gasteiger charge is -2.24. The van der Waals surface area contributed by atoms with Crippen LogP contribution in [0.25, 0.3) is 0 Å². The highest BCUT2D eigenvalue weighted by molar-refractivity contribution is 7.92. The van der Waals surface area contributed by atoms with Gasteiger partial charge >= 0.3 is 0 Å². The highest BCUT2D eigenvalue weighted by Gasteiger charge is 2.27. The van der Waals surface area contributed by atoms with Crippen LogP contribution in [-0.4, -0.2) is 42.2 Å². The maximum Gasteiger partial charge on any atom is 0.264 e. The Labute approximate surface area is 193 Å².